The predicted octanol–water partition coefficient (Wildman–Crippen LogP) is 4.49. The number of aromatic nitrogens is 3. The van der Waals surface area contributed by atoms with Crippen LogP contribution in [0.2, 0.25) is 0 Å². The maximum absolute atomic E-state index is 14.6. The zero-order valence-electron chi connectivity index (χ0n) is 19.0. The minimum Gasteiger partial charge on any atom is -0.406 e. The molecule has 0 radical (unpaired) electrons. The Labute approximate surface area is 201 Å². The number of alkyl halides is 3. The molecule has 4 aromatic rings. The first-order valence-electron chi connectivity index (χ1n) is 10.5. The lowest BCUT2D eigenvalue weighted by Crippen LogP contribution is -2.18. The van der Waals surface area contributed by atoms with Crippen molar-refractivity contribution in [2.75, 3.05) is 5.32 Å². The maximum atomic E-state index is 14.6. The number of anilines is 1. The summed E-state index contributed by atoms with van der Waals surface area (Å²) in [7, 11) is 0. The van der Waals surface area contributed by atoms with E-state index in [0.717, 1.165) is 6.07 Å². The van der Waals surface area contributed by atoms with Crippen molar-refractivity contribution in [3.63, 3.8) is 0 Å². The summed E-state index contributed by atoms with van der Waals surface area (Å²) in [6.45, 7) is 3.55. The predicted molar refractivity (Wildman–Crippen MR) is 122 cm³/mol. The van der Waals surface area contributed by atoms with Crippen LogP contribution in [0.1, 0.15) is 37.8 Å². The number of primary amides is 1. The Morgan fingerprint density at radius 2 is 1.81 bits per heavy atom. The molecule has 2 aromatic heterocycles. The Balaban J connectivity index is 1.61. The molecule has 8 nitrogen and oxygen atoms in total. The molecular weight excluding hydrogens is 482 g/mol. The largest absolute Gasteiger partial charge is 0.573 e. The third-order valence-electron chi connectivity index (χ3n) is 5.39. The van der Waals surface area contributed by atoms with E-state index in [9.17, 15) is 27.2 Å². The average Bonchev–Trinajstić information content (AvgIpc) is 3.06. The van der Waals surface area contributed by atoms with Gasteiger partial charge in [0.25, 0.3) is 11.8 Å². The van der Waals surface area contributed by atoms with Crippen LogP contribution in [0.15, 0.2) is 48.5 Å². The van der Waals surface area contributed by atoms with Gasteiger partial charge in [-0.3, -0.25) is 14.3 Å². The summed E-state index contributed by atoms with van der Waals surface area (Å²) in [6, 6.07) is 10.5. The van der Waals surface area contributed by atoms with E-state index in [-0.39, 0.29) is 34.5 Å². The van der Waals surface area contributed by atoms with Crippen molar-refractivity contribution in [2.45, 2.75) is 26.8 Å². The van der Waals surface area contributed by atoms with Gasteiger partial charge < -0.3 is 15.8 Å². The minimum atomic E-state index is -4.79. The van der Waals surface area contributed by atoms with Crippen LogP contribution in [-0.2, 0) is 6.54 Å². The number of nitrogens with zero attached hydrogens (tertiary/aromatic N) is 3. The number of pyridine rings is 1. The van der Waals surface area contributed by atoms with Crippen molar-refractivity contribution in [3.8, 4) is 5.75 Å². The molecule has 0 fully saturated rings. The van der Waals surface area contributed by atoms with Crippen molar-refractivity contribution >= 4 is 28.4 Å². The summed E-state index contributed by atoms with van der Waals surface area (Å²) in [6.07, 6.45) is -4.79. The standard InChI is InChI=1S/C24H19F4N5O3/c1-12-21(13(2)33(32-12)11-14-6-8-15(9-7-14)36-24(26,27)28)31-23(35)16-10-19(22(29)34)30-18-5-3-4-17(25)20(16)18/h3-10H,11H2,1-2H3,(H2,29,34)(H,31,35). The van der Waals surface area contributed by atoms with Gasteiger partial charge in [-0.1, -0.05) is 18.2 Å². The molecule has 36 heavy (non-hydrogen) atoms. The molecule has 0 spiro atoms. The van der Waals surface area contributed by atoms with E-state index in [4.69, 9.17) is 5.73 Å². The van der Waals surface area contributed by atoms with E-state index < -0.39 is 24.0 Å². The molecule has 0 aliphatic heterocycles. The van der Waals surface area contributed by atoms with Crippen LogP contribution >= 0.6 is 0 Å². The summed E-state index contributed by atoms with van der Waals surface area (Å²) in [4.78, 5) is 28.9. The molecule has 0 aliphatic carbocycles. The smallest absolute Gasteiger partial charge is 0.406 e. The molecule has 0 saturated heterocycles. The quantitative estimate of drug-likeness (QED) is 0.378. The van der Waals surface area contributed by atoms with E-state index in [2.05, 4.69) is 20.1 Å². The highest BCUT2D eigenvalue weighted by atomic mass is 19.4. The van der Waals surface area contributed by atoms with E-state index in [1.807, 2.05) is 0 Å². The third kappa shape index (κ3) is 5.11. The van der Waals surface area contributed by atoms with Crippen LogP contribution in [-0.4, -0.2) is 32.9 Å². The SMILES string of the molecule is Cc1nn(Cc2ccc(OC(F)(F)F)cc2)c(C)c1NC(=O)c1cc(C(N)=O)nc2cccc(F)c12. The van der Waals surface area contributed by atoms with Crippen LogP contribution in [0.5, 0.6) is 5.75 Å². The van der Waals surface area contributed by atoms with Gasteiger partial charge in [-0.15, -0.1) is 13.2 Å². The van der Waals surface area contributed by atoms with Crippen LogP contribution in [0.3, 0.4) is 0 Å². The molecular formula is C24H19F4N5O3. The summed E-state index contributed by atoms with van der Waals surface area (Å²) in [5.74, 6) is -2.61. The number of carbonyl (C=O) groups is 2. The lowest BCUT2D eigenvalue weighted by molar-refractivity contribution is -0.274. The zero-order chi connectivity index (χ0) is 26.2. The number of aryl methyl sites for hydroxylation is 1. The molecule has 0 saturated carbocycles. The van der Waals surface area contributed by atoms with Crippen molar-refractivity contribution in [3.05, 3.63) is 82.6 Å². The second-order valence-electron chi connectivity index (χ2n) is 7.90. The Morgan fingerprint density at radius 1 is 1.11 bits per heavy atom. The van der Waals surface area contributed by atoms with Gasteiger partial charge in [0, 0.05) is 5.39 Å². The summed E-state index contributed by atoms with van der Waals surface area (Å²) < 4.78 is 57.1. The number of fused-ring (bicyclic) bond motifs is 1. The van der Waals surface area contributed by atoms with Gasteiger partial charge in [0.1, 0.15) is 17.3 Å². The van der Waals surface area contributed by atoms with E-state index in [1.165, 1.54) is 42.5 Å². The molecule has 3 N–H and O–H groups in total. The number of carbonyl (C=O) groups excluding carboxylic acids is 2. The van der Waals surface area contributed by atoms with Gasteiger partial charge in [0.2, 0.25) is 0 Å². The maximum Gasteiger partial charge on any atom is 0.573 e. The molecule has 12 heteroatoms. The molecule has 0 atom stereocenters. The van der Waals surface area contributed by atoms with Crippen LogP contribution < -0.4 is 15.8 Å². The Hall–Kier alpha value is -4.48. The number of ether oxygens (including phenoxy) is 1. The highest BCUT2D eigenvalue weighted by Crippen LogP contribution is 2.27. The first-order chi connectivity index (χ1) is 16.9. The molecule has 4 rings (SSSR count). The average molecular weight is 501 g/mol. The van der Waals surface area contributed by atoms with Crippen molar-refractivity contribution < 1.29 is 31.9 Å². The highest BCUT2D eigenvalue weighted by Gasteiger charge is 2.31. The van der Waals surface area contributed by atoms with Gasteiger partial charge in [-0.05, 0) is 49.7 Å². The molecule has 2 amide bonds. The van der Waals surface area contributed by atoms with Gasteiger partial charge >= 0.3 is 6.36 Å². The number of hydrogen-bond acceptors (Lipinski definition) is 5. The fraction of sp³-hybridized carbons (Fsp3) is 0.167. The van der Waals surface area contributed by atoms with Gasteiger partial charge in [0.15, 0.2) is 0 Å². The Morgan fingerprint density at radius 3 is 2.44 bits per heavy atom. The van der Waals surface area contributed by atoms with Gasteiger partial charge in [-0.25, -0.2) is 9.37 Å². The van der Waals surface area contributed by atoms with E-state index in [0.29, 0.717) is 22.6 Å². The monoisotopic (exact) mass is 501 g/mol. The second kappa shape index (κ2) is 9.29. The minimum absolute atomic E-state index is 0.0659. The number of nitrogens with two attached hydrogens (primary N) is 1. The summed E-state index contributed by atoms with van der Waals surface area (Å²) >= 11 is 0. The number of hydrogen-bond donors (Lipinski definition) is 2. The Kier molecular flexibility index (Phi) is 6.35. The number of benzene rings is 2. The summed E-state index contributed by atoms with van der Waals surface area (Å²) in [5, 5.41) is 7.03. The Bertz CT molecular complexity index is 1480. The second-order valence-corrected chi connectivity index (χ2v) is 7.90. The van der Waals surface area contributed by atoms with E-state index in [1.54, 1.807) is 18.5 Å². The first kappa shape index (κ1) is 24.6. The number of halogens is 4. The van der Waals surface area contributed by atoms with Crippen LogP contribution in [0.4, 0.5) is 23.2 Å². The molecule has 0 bridgehead atoms. The van der Waals surface area contributed by atoms with Crippen LogP contribution in [0, 0.1) is 19.7 Å². The number of rotatable bonds is 6. The molecule has 2 heterocycles. The number of nitrogens with one attached hydrogen (secondary N) is 1. The van der Waals surface area contributed by atoms with Gasteiger partial charge in [0.05, 0.1) is 34.7 Å². The van der Waals surface area contributed by atoms with Crippen molar-refractivity contribution in [1.82, 2.24) is 14.8 Å². The molecule has 0 aliphatic rings. The van der Waals surface area contributed by atoms with Crippen LogP contribution in [0.25, 0.3) is 10.9 Å². The first-order valence-corrected chi connectivity index (χ1v) is 10.5. The normalized spacial score (nSPS) is 11.5. The molecule has 186 valence electrons. The zero-order valence-corrected chi connectivity index (χ0v) is 19.0. The highest BCUT2D eigenvalue weighted by molar-refractivity contribution is 6.14. The lowest BCUT2D eigenvalue weighted by atomic mass is 10.1. The molecule has 2 aromatic carbocycles. The van der Waals surface area contributed by atoms with Crippen molar-refractivity contribution in [2.24, 2.45) is 5.73 Å². The fourth-order valence-electron chi connectivity index (χ4n) is 3.73. The lowest BCUT2D eigenvalue weighted by Gasteiger charge is -2.11. The molecule has 0 unspecified atom stereocenters. The summed E-state index contributed by atoms with van der Waals surface area (Å²) in [5.41, 5.74) is 7.10. The number of amides is 2. The van der Waals surface area contributed by atoms with Crippen molar-refractivity contribution in [1.29, 1.82) is 0 Å². The topological polar surface area (TPSA) is 112 Å². The fourth-order valence-corrected chi connectivity index (χ4v) is 3.73. The third-order valence-corrected chi connectivity index (χ3v) is 5.39. The van der Waals surface area contributed by atoms with E-state index >= 15 is 0 Å². The van der Waals surface area contributed by atoms with Gasteiger partial charge in [-0.2, -0.15) is 5.10 Å².